The van der Waals surface area contributed by atoms with Gasteiger partial charge in [-0.15, -0.1) is 0 Å². The van der Waals surface area contributed by atoms with Crippen LogP contribution in [-0.4, -0.2) is 38.8 Å². The molecular weight excluding hydrogens is 338 g/mol. The lowest BCUT2D eigenvalue weighted by Crippen LogP contribution is -2.52. The second-order valence-corrected chi connectivity index (χ2v) is 8.49. The van der Waals surface area contributed by atoms with Gasteiger partial charge in [-0.2, -0.15) is 0 Å². The minimum Gasteiger partial charge on any atom is -0.508 e. The summed E-state index contributed by atoms with van der Waals surface area (Å²) in [4.78, 5) is 2.53. The van der Waals surface area contributed by atoms with Crippen LogP contribution in [0.15, 0.2) is 54.6 Å². The Bertz CT molecular complexity index is 792. The SMILES string of the molecule is C[C@@H]([C@H](O)c1ccc(O)cc1)N1C2CCC1CC1(C2)OC1c1ccccc1. The van der Waals surface area contributed by atoms with Crippen LogP contribution in [0.25, 0.3) is 0 Å². The van der Waals surface area contributed by atoms with Gasteiger partial charge in [0.2, 0.25) is 0 Å². The van der Waals surface area contributed by atoms with E-state index in [9.17, 15) is 10.2 Å². The van der Waals surface area contributed by atoms with Crippen molar-refractivity contribution in [1.29, 1.82) is 0 Å². The van der Waals surface area contributed by atoms with Crippen LogP contribution in [0, 0.1) is 0 Å². The highest BCUT2D eigenvalue weighted by molar-refractivity contribution is 5.30. The van der Waals surface area contributed by atoms with Gasteiger partial charge in [0.25, 0.3) is 0 Å². The topological polar surface area (TPSA) is 56.2 Å². The van der Waals surface area contributed by atoms with Gasteiger partial charge in [-0.25, -0.2) is 0 Å². The number of rotatable bonds is 4. The van der Waals surface area contributed by atoms with Crippen molar-refractivity contribution in [2.45, 2.75) is 68.5 Å². The van der Waals surface area contributed by atoms with E-state index in [0.29, 0.717) is 12.1 Å². The van der Waals surface area contributed by atoms with E-state index in [0.717, 1.165) is 18.4 Å². The lowest BCUT2D eigenvalue weighted by atomic mass is 9.84. The molecule has 5 atom stereocenters. The van der Waals surface area contributed by atoms with Crippen LogP contribution < -0.4 is 0 Å². The number of benzene rings is 2. The predicted molar refractivity (Wildman–Crippen MR) is 103 cm³/mol. The number of epoxide rings is 1. The summed E-state index contributed by atoms with van der Waals surface area (Å²) in [6.45, 7) is 2.13. The van der Waals surface area contributed by atoms with Crippen LogP contribution in [0.3, 0.4) is 0 Å². The molecule has 2 aromatic rings. The van der Waals surface area contributed by atoms with Gasteiger partial charge in [0.1, 0.15) is 17.5 Å². The summed E-state index contributed by atoms with van der Waals surface area (Å²) in [6, 6.07) is 18.5. The molecule has 2 bridgehead atoms. The molecule has 1 spiro atoms. The van der Waals surface area contributed by atoms with Gasteiger partial charge in [0.15, 0.2) is 0 Å². The maximum Gasteiger partial charge on any atom is 0.115 e. The molecular formula is C23H27NO3. The normalized spacial score (nSPS) is 34.5. The largest absolute Gasteiger partial charge is 0.508 e. The molecule has 3 unspecified atom stereocenters. The lowest BCUT2D eigenvalue weighted by molar-refractivity contribution is -0.00988. The van der Waals surface area contributed by atoms with Crippen molar-refractivity contribution in [2.24, 2.45) is 0 Å². The molecule has 3 aliphatic rings. The summed E-state index contributed by atoms with van der Waals surface area (Å²) in [5.74, 6) is 0.233. The summed E-state index contributed by atoms with van der Waals surface area (Å²) >= 11 is 0. The zero-order valence-corrected chi connectivity index (χ0v) is 15.7. The summed E-state index contributed by atoms with van der Waals surface area (Å²) in [5.41, 5.74) is 2.17. The van der Waals surface area contributed by atoms with Crippen LogP contribution in [0.5, 0.6) is 5.75 Å². The van der Waals surface area contributed by atoms with Crippen LogP contribution in [0.4, 0.5) is 0 Å². The fraction of sp³-hybridized carbons (Fsp3) is 0.478. The van der Waals surface area contributed by atoms with Gasteiger partial charge in [-0.05, 0) is 55.9 Å². The smallest absolute Gasteiger partial charge is 0.115 e. The molecule has 2 aromatic carbocycles. The van der Waals surface area contributed by atoms with E-state index < -0.39 is 6.10 Å². The Labute approximate surface area is 160 Å². The minimum atomic E-state index is -0.548. The third-order valence-corrected chi connectivity index (χ3v) is 6.88. The highest BCUT2D eigenvalue weighted by atomic mass is 16.6. The summed E-state index contributed by atoms with van der Waals surface area (Å²) in [6.07, 6.45) is 4.16. The number of aromatic hydroxyl groups is 1. The number of phenols is 1. The van der Waals surface area contributed by atoms with Gasteiger partial charge < -0.3 is 14.9 Å². The first-order valence-corrected chi connectivity index (χ1v) is 10.0. The number of phenolic OH excluding ortho intramolecular Hbond substituents is 1. The van der Waals surface area contributed by atoms with Gasteiger partial charge in [0, 0.05) is 18.1 Å². The maximum atomic E-state index is 10.9. The monoisotopic (exact) mass is 365 g/mol. The van der Waals surface area contributed by atoms with E-state index in [1.54, 1.807) is 12.1 Å². The fourth-order valence-corrected chi connectivity index (χ4v) is 5.57. The first kappa shape index (κ1) is 17.2. The molecule has 0 aromatic heterocycles. The number of ether oxygens (including phenoxy) is 1. The average Bonchev–Trinajstić information content (AvgIpc) is 3.31. The van der Waals surface area contributed by atoms with Crippen LogP contribution in [0.2, 0.25) is 0 Å². The number of hydrogen-bond acceptors (Lipinski definition) is 4. The quantitative estimate of drug-likeness (QED) is 0.806. The Morgan fingerprint density at radius 3 is 2.26 bits per heavy atom. The van der Waals surface area contributed by atoms with Gasteiger partial charge >= 0.3 is 0 Å². The van der Waals surface area contributed by atoms with Crippen molar-refractivity contribution in [2.75, 3.05) is 0 Å². The van der Waals surface area contributed by atoms with Crippen molar-refractivity contribution < 1.29 is 14.9 Å². The second-order valence-electron chi connectivity index (χ2n) is 8.49. The molecule has 27 heavy (non-hydrogen) atoms. The zero-order chi connectivity index (χ0) is 18.6. The Morgan fingerprint density at radius 1 is 1.00 bits per heavy atom. The molecule has 4 nitrogen and oxygen atoms in total. The van der Waals surface area contributed by atoms with E-state index in [4.69, 9.17) is 4.74 Å². The highest BCUT2D eigenvalue weighted by Gasteiger charge is 2.64. The number of nitrogens with zero attached hydrogens (tertiary/aromatic N) is 1. The van der Waals surface area contributed by atoms with E-state index in [-0.39, 0.29) is 23.5 Å². The molecule has 0 radical (unpaired) electrons. The second kappa shape index (κ2) is 6.33. The molecule has 3 heterocycles. The van der Waals surface area contributed by atoms with Crippen LogP contribution in [-0.2, 0) is 4.74 Å². The number of fused-ring (bicyclic) bond motifs is 2. The average molecular weight is 365 g/mol. The first-order valence-electron chi connectivity index (χ1n) is 10.0. The number of hydrogen-bond donors (Lipinski definition) is 2. The number of aliphatic hydroxyl groups is 1. The molecule has 3 saturated heterocycles. The third kappa shape index (κ3) is 2.87. The standard InChI is InChI=1S/C23H27NO3/c1-15(21(26)16-7-11-20(25)12-8-16)24-18-9-10-19(24)14-23(13-18)22(27-23)17-5-3-2-4-6-17/h2-8,11-12,15,18-19,21-22,25-26H,9-10,13-14H2,1H3/t15-,18?,19?,21-,22?,23?/m0/s1. The molecule has 0 saturated carbocycles. The maximum absolute atomic E-state index is 10.9. The molecule has 142 valence electrons. The Kier molecular flexibility index (Phi) is 4.04. The van der Waals surface area contributed by atoms with Gasteiger partial charge in [-0.1, -0.05) is 42.5 Å². The summed E-state index contributed by atoms with van der Waals surface area (Å²) in [5, 5.41) is 20.4. The summed E-state index contributed by atoms with van der Waals surface area (Å²) < 4.78 is 6.28. The zero-order valence-electron chi connectivity index (χ0n) is 15.7. The minimum absolute atomic E-state index is 0.00684. The van der Waals surface area contributed by atoms with Gasteiger partial charge in [-0.3, -0.25) is 4.90 Å². The Balaban J connectivity index is 1.32. The van der Waals surface area contributed by atoms with E-state index in [1.165, 1.54) is 18.4 Å². The van der Waals surface area contributed by atoms with Crippen molar-refractivity contribution in [3.05, 3.63) is 65.7 Å². The number of piperidine rings is 1. The van der Waals surface area contributed by atoms with E-state index in [1.807, 2.05) is 12.1 Å². The molecule has 0 aliphatic carbocycles. The fourth-order valence-electron chi connectivity index (χ4n) is 5.57. The molecule has 2 N–H and O–H groups in total. The van der Waals surface area contributed by atoms with E-state index in [2.05, 4.69) is 42.2 Å². The van der Waals surface area contributed by atoms with Crippen molar-refractivity contribution in [3.63, 3.8) is 0 Å². The Morgan fingerprint density at radius 2 is 1.63 bits per heavy atom. The molecule has 5 rings (SSSR count). The van der Waals surface area contributed by atoms with Gasteiger partial charge in [0.05, 0.1) is 6.10 Å². The molecule has 3 fully saturated rings. The molecule has 3 aliphatic heterocycles. The Hall–Kier alpha value is -1.88. The third-order valence-electron chi connectivity index (χ3n) is 6.88. The van der Waals surface area contributed by atoms with Crippen LogP contribution >= 0.6 is 0 Å². The summed E-state index contributed by atoms with van der Waals surface area (Å²) in [7, 11) is 0. The van der Waals surface area contributed by atoms with Crippen molar-refractivity contribution in [3.8, 4) is 5.75 Å². The first-order chi connectivity index (χ1) is 13.1. The highest BCUT2D eigenvalue weighted by Crippen LogP contribution is 2.61. The number of aliphatic hydroxyl groups excluding tert-OH is 1. The van der Waals surface area contributed by atoms with Crippen molar-refractivity contribution in [1.82, 2.24) is 4.90 Å². The molecule has 4 heteroatoms. The van der Waals surface area contributed by atoms with Crippen molar-refractivity contribution >= 4 is 0 Å². The lowest BCUT2D eigenvalue weighted by Gasteiger charge is -2.43. The van der Waals surface area contributed by atoms with Crippen LogP contribution in [0.1, 0.15) is 55.9 Å². The predicted octanol–water partition coefficient (Wildman–Crippen LogP) is 3.95. The molecule has 0 amide bonds. The van der Waals surface area contributed by atoms with E-state index >= 15 is 0 Å².